The van der Waals surface area contributed by atoms with E-state index in [0.717, 1.165) is 0 Å². The van der Waals surface area contributed by atoms with Crippen LogP contribution in [0.5, 0.6) is 5.88 Å². The fraction of sp³-hybridized carbons (Fsp3) is 0.667. The third kappa shape index (κ3) is 6.39. The average molecular weight is 395 g/mol. The number of carbonyl (C=O) groups excluding carboxylic acids is 1. The predicted octanol–water partition coefficient (Wildman–Crippen LogP) is 1.99. The second kappa shape index (κ2) is 10.3. The van der Waals surface area contributed by atoms with Crippen molar-refractivity contribution in [2.24, 2.45) is 0 Å². The molecule has 0 atom stereocenters. The molecule has 0 aliphatic carbocycles. The number of amides is 1. The van der Waals surface area contributed by atoms with Crippen LogP contribution in [-0.2, 0) is 25.7 Å². The van der Waals surface area contributed by atoms with E-state index in [-0.39, 0.29) is 36.9 Å². The van der Waals surface area contributed by atoms with Gasteiger partial charge in [-0.15, -0.1) is 0 Å². The van der Waals surface area contributed by atoms with E-state index in [9.17, 15) is 4.79 Å². The van der Waals surface area contributed by atoms with E-state index in [2.05, 4.69) is 20.3 Å². The minimum atomic E-state index is -0.276. The van der Waals surface area contributed by atoms with E-state index >= 15 is 0 Å². The summed E-state index contributed by atoms with van der Waals surface area (Å²) < 4.78 is 24.4. The van der Waals surface area contributed by atoms with Gasteiger partial charge < -0.3 is 23.5 Å². The number of fused-ring (bicyclic) bond motifs is 1. The van der Waals surface area contributed by atoms with Gasteiger partial charge in [-0.05, 0) is 27.7 Å². The van der Waals surface area contributed by atoms with Gasteiger partial charge in [-0.1, -0.05) is 0 Å². The Morgan fingerprint density at radius 2 is 1.75 bits per heavy atom. The van der Waals surface area contributed by atoms with E-state index in [1.807, 2.05) is 27.7 Å². The van der Waals surface area contributed by atoms with Crippen molar-refractivity contribution in [3.63, 3.8) is 0 Å². The number of nitrogens with one attached hydrogen (secondary N) is 1. The maximum absolute atomic E-state index is 11.2. The van der Waals surface area contributed by atoms with Gasteiger partial charge in [0.25, 0.3) is 0 Å². The summed E-state index contributed by atoms with van der Waals surface area (Å²) in [5.74, 6) is 0.155. The van der Waals surface area contributed by atoms with Crippen LogP contribution in [0.4, 0.5) is 5.95 Å². The molecule has 0 spiro atoms. The summed E-state index contributed by atoms with van der Waals surface area (Å²) >= 11 is 0. The third-order valence-corrected chi connectivity index (χ3v) is 3.60. The molecule has 2 aromatic heterocycles. The summed E-state index contributed by atoms with van der Waals surface area (Å²) in [6, 6.07) is 0. The van der Waals surface area contributed by atoms with Crippen molar-refractivity contribution in [2.45, 2.75) is 59.7 Å². The zero-order valence-corrected chi connectivity index (χ0v) is 17.3. The standard InChI is InChI=1S/C18H29N5O5/c1-11(2)26-7-14(8-27-12(3)4)28-10-23-9-19-16-15(23)17(25-6)22-18(21-16)20-13(5)24/h9,11-12,14H,7-8,10H2,1-6H3,(H,20,21,22,24). The van der Waals surface area contributed by atoms with Crippen molar-refractivity contribution in [1.82, 2.24) is 19.5 Å². The van der Waals surface area contributed by atoms with Crippen LogP contribution >= 0.6 is 0 Å². The molecular formula is C18H29N5O5. The smallest absolute Gasteiger partial charge is 0.245 e. The van der Waals surface area contributed by atoms with Crippen LogP contribution in [0, 0.1) is 0 Å². The molecule has 0 fully saturated rings. The van der Waals surface area contributed by atoms with Crippen molar-refractivity contribution in [1.29, 1.82) is 0 Å². The second-order valence-electron chi connectivity index (χ2n) is 6.81. The number of carbonyl (C=O) groups is 1. The molecular weight excluding hydrogens is 366 g/mol. The number of hydrogen-bond acceptors (Lipinski definition) is 8. The van der Waals surface area contributed by atoms with Crippen LogP contribution < -0.4 is 10.1 Å². The Hall–Kier alpha value is -2.30. The zero-order chi connectivity index (χ0) is 20.7. The highest BCUT2D eigenvalue weighted by atomic mass is 16.6. The number of anilines is 1. The Labute approximate surface area is 164 Å². The molecule has 10 nitrogen and oxygen atoms in total. The minimum Gasteiger partial charge on any atom is -0.479 e. The quantitative estimate of drug-likeness (QED) is 0.615. The van der Waals surface area contributed by atoms with E-state index < -0.39 is 0 Å². The summed E-state index contributed by atoms with van der Waals surface area (Å²) in [5, 5.41) is 2.53. The Kier molecular flexibility index (Phi) is 8.09. The molecule has 0 radical (unpaired) electrons. The Balaban J connectivity index is 2.15. The number of aromatic nitrogens is 4. The molecule has 0 aliphatic heterocycles. The SMILES string of the molecule is COc1nc(NC(C)=O)nc2ncn(COC(COC(C)C)COC(C)C)c12. The van der Waals surface area contributed by atoms with Gasteiger partial charge in [0.15, 0.2) is 11.2 Å². The van der Waals surface area contributed by atoms with Crippen LogP contribution in [0.25, 0.3) is 11.2 Å². The third-order valence-electron chi connectivity index (χ3n) is 3.60. The molecule has 10 heteroatoms. The van der Waals surface area contributed by atoms with Gasteiger partial charge in [-0.2, -0.15) is 9.97 Å². The van der Waals surface area contributed by atoms with E-state index in [0.29, 0.717) is 30.3 Å². The molecule has 2 rings (SSSR count). The molecule has 0 saturated heterocycles. The van der Waals surface area contributed by atoms with Gasteiger partial charge in [0, 0.05) is 6.92 Å². The maximum atomic E-state index is 11.2. The van der Waals surface area contributed by atoms with Crippen LogP contribution in [0.2, 0.25) is 0 Å². The molecule has 0 aromatic carbocycles. The normalized spacial score (nSPS) is 11.8. The lowest BCUT2D eigenvalue weighted by Gasteiger charge is -2.21. The van der Waals surface area contributed by atoms with Crippen molar-refractivity contribution in [3.05, 3.63) is 6.33 Å². The van der Waals surface area contributed by atoms with Gasteiger partial charge in [-0.3, -0.25) is 10.1 Å². The van der Waals surface area contributed by atoms with Gasteiger partial charge in [0.1, 0.15) is 12.8 Å². The first-order chi connectivity index (χ1) is 13.3. The van der Waals surface area contributed by atoms with Crippen molar-refractivity contribution in [2.75, 3.05) is 25.6 Å². The van der Waals surface area contributed by atoms with Crippen molar-refractivity contribution < 1.29 is 23.7 Å². The lowest BCUT2D eigenvalue weighted by molar-refractivity contribution is -0.114. The van der Waals surface area contributed by atoms with E-state index in [4.69, 9.17) is 18.9 Å². The molecule has 2 heterocycles. The topological polar surface area (TPSA) is 110 Å². The Morgan fingerprint density at radius 1 is 1.11 bits per heavy atom. The van der Waals surface area contributed by atoms with E-state index in [1.54, 1.807) is 10.9 Å². The first-order valence-corrected chi connectivity index (χ1v) is 9.19. The van der Waals surface area contributed by atoms with Gasteiger partial charge >= 0.3 is 0 Å². The number of ether oxygens (including phenoxy) is 4. The Bertz CT molecular complexity index is 765. The lowest BCUT2D eigenvalue weighted by Crippen LogP contribution is -2.29. The van der Waals surface area contributed by atoms with Crippen LogP contribution in [0.15, 0.2) is 6.33 Å². The number of hydrogen-bond donors (Lipinski definition) is 1. The summed E-state index contributed by atoms with van der Waals surface area (Å²) in [4.78, 5) is 23.9. The second-order valence-corrected chi connectivity index (χ2v) is 6.81. The first kappa shape index (κ1) is 22.0. The van der Waals surface area contributed by atoms with Gasteiger partial charge in [0.2, 0.25) is 17.7 Å². The highest BCUT2D eigenvalue weighted by Gasteiger charge is 2.17. The molecule has 0 bridgehead atoms. The molecule has 0 unspecified atom stereocenters. The lowest BCUT2D eigenvalue weighted by atomic mass is 10.3. The molecule has 1 N–H and O–H groups in total. The molecule has 2 aromatic rings. The van der Waals surface area contributed by atoms with Crippen LogP contribution in [-0.4, -0.2) is 64.1 Å². The molecule has 0 aliphatic rings. The fourth-order valence-electron chi connectivity index (χ4n) is 2.33. The number of nitrogens with zero attached hydrogens (tertiary/aromatic N) is 4. The summed E-state index contributed by atoms with van der Waals surface area (Å²) in [7, 11) is 1.49. The van der Waals surface area contributed by atoms with Gasteiger partial charge in [-0.25, -0.2) is 4.98 Å². The fourth-order valence-corrected chi connectivity index (χ4v) is 2.33. The maximum Gasteiger partial charge on any atom is 0.245 e. The Morgan fingerprint density at radius 3 is 2.29 bits per heavy atom. The molecule has 1 amide bonds. The van der Waals surface area contributed by atoms with Crippen molar-refractivity contribution >= 4 is 23.0 Å². The largest absolute Gasteiger partial charge is 0.479 e. The highest BCUT2D eigenvalue weighted by Crippen LogP contribution is 2.23. The monoisotopic (exact) mass is 395 g/mol. The number of rotatable bonds is 11. The minimum absolute atomic E-state index is 0.0971. The average Bonchev–Trinajstić information content (AvgIpc) is 3.02. The molecule has 28 heavy (non-hydrogen) atoms. The predicted molar refractivity (Wildman–Crippen MR) is 103 cm³/mol. The summed E-state index contributed by atoms with van der Waals surface area (Å²) in [5.41, 5.74) is 0.970. The van der Waals surface area contributed by atoms with Crippen LogP contribution in [0.3, 0.4) is 0 Å². The van der Waals surface area contributed by atoms with Crippen LogP contribution in [0.1, 0.15) is 34.6 Å². The molecule has 0 saturated carbocycles. The summed E-state index contributed by atoms with van der Waals surface area (Å²) in [6.45, 7) is 10.3. The summed E-state index contributed by atoms with van der Waals surface area (Å²) in [6.07, 6.45) is 1.54. The first-order valence-electron chi connectivity index (χ1n) is 9.19. The van der Waals surface area contributed by atoms with E-state index in [1.165, 1.54) is 14.0 Å². The number of imidazole rings is 1. The highest BCUT2D eigenvalue weighted by molar-refractivity contribution is 5.88. The molecule has 156 valence electrons. The van der Waals surface area contributed by atoms with Gasteiger partial charge in [0.05, 0.1) is 38.9 Å². The van der Waals surface area contributed by atoms with Crippen molar-refractivity contribution in [3.8, 4) is 5.88 Å². The zero-order valence-electron chi connectivity index (χ0n) is 17.3. The number of methoxy groups -OCH3 is 1.